The minimum atomic E-state index is 1.13. The fourth-order valence-electron chi connectivity index (χ4n) is 0.624. The van der Waals surface area contributed by atoms with Gasteiger partial charge >= 0.3 is 55.8 Å². The van der Waals surface area contributed by atoms with Crippen LogP contribution in [0.25, 0.3) is 0 Å². The molecule has 1 rings (SSSR count). The molecule has 0 amide bonds. The molecular formula is C7H7NP+. The maximum absolute atomic E-state index is 3.83. The van der Waals surface area contributed by atoms with Gasteiger partial charge in [-0.05, 0) is 0 Å². The van der Waals surface area contributed by atoms with Crippen molar-refractivity contribution in [3.05, 3.63) is 30.3 Å². The predicted octanol–water partition coefficient (Wildman–Crippen LogP) is 1.21. The van der Waals surface area contributed by atoms with Crippen molar-refractivity contribution in [1.29, 1.82) is 0 Å². The number of nitrogens with two attached hydrogens (primary N) is 1. The van der Waals surface area contributed by atoms with E-state index in [2.05, 4.69) is 14.4 Å². The third-order valence-corrected chi connectivity index (χ3v) is 1.16. The zero-order chi connectivity index (χ0) is 6.53. The zero-order valence-electron chi connectivity index (χ0n) is 4.91. The molecule has 44 valence electrons. The van der Waals surface area contributed by atoms with Crippen molar-refractivity contribution in [2.45, 2.75) is 0 Å². The summed E-state index contributed by atoms with van der Waals surface area (Å²) in [5.74, 6) is 2.65. The van der Waals surface area contributed by atoms with Crippen LogP contribution in [0.3, 0.4) is 0 Å². The second kappa shape index (κ2) is 3.42. The van der Waals surface area contributed by atoms with Crippen molar-refractivity contribution in [1.82, 2.24) is 0 Å². The van der Waals surface area contributed by atoms with Gasteiger partial charge in [0.25, 0.3) is 0 Å². The molecular weight excluding hydrogens is 129 g/mol. The van der Waals surface area contributed by atoms with Gasteiger partial charge < -0.3 is 0 Å². The Bertz CT molecular complexity index is 212. The summed E-state index contributed by atoms with van der Waals surface area (Å²) in [6.07, 6.45) is 0. The first-order chi connectivity index (χ1) is 4.43. The molecule has 0 atom stereocenters. The Morgan fingerprint density at radius 3 is 2.44 bits per heavy atom. The van der Waals surface area contributed by atoms with Crippen LogP contribution in [0.15, 0.2) is 30.3 Å². The van der Waals surface area contributed by atoms with Crippen molar-refractivity contribution in [3.63, 3.8) is 0 Å². The minimum absolute atomic E-state index is 1.13. The van der Waals surface area contributed by atoms with Crippen LogP contribution in [0.2, 0.25) is 0 Å². The van der Waals surface area contributed by atoms with E-state index in [1.807, 2.05) is 35.6 Å². The topological polar surface area (TPSA) is 16.6 Å². The van der Waals surface area contributed by atoms with E-state index in [-0.39, 0.29) is 0 Å². The van der Waals surface area contributed by atoms with Crippen molar-refractivity contribution in [2.75, 3.05) is 0 Å². The quantitative estimate of drug-likeness (QED) is 0.441. The van der Waals surface area contributed by atoms with E-state index in [9.17, 15) is 0 Å². The summed E-state index contributed by atoms with van der Waals surface area (Å²) in [6.45, 7) is 0. The average Bonchev–Trinajstić information content (AvgIpc) is 1.91. The van der Waals surface area contributed by atoms with Crippen LogP contribution in [0, 0.1) is 5.75 Å². The predicted molar refractivity (Wildman–Crippen MR) is 38.8 cm³/mol. The Morgan fingerprint density at radius 1 is 1.22 bits per heavy atom. The van der Waals surface area contributed by atoms with Gasteiger partial charge in [0.05, 0.1) is 0 Å². The van der Waals surface area contributed by atoms with Gasteiger partial charge in [-0.1, -0.05) is 0 Å². The maximum atomic E-state index is 3.83. The Morgan fingerprint density at radius 2 is 1.89 bits per heavy atom. The van der Waals surface area contributed by atoms with Crippen LogP contribution in [0.5, 0.6) is 0 Å². The Kier molecular flexibility index (Phi) is 2.48. The first-order valence-electron chi connectivity index (χ1n) is 2.71. The van der Waals surface area contributed by atoms with Gasteiger partial charge in [-0.25, -0.2) is 0 Å². The van der Waals surface area contributed by atoms with E-state index in [0.29, 0.717) is 0 Å². The van der Waals surface area contributed by atoms with Crippen LogP contribution in [0.4, 0.5) is 5.69 Å². The molecule has 0 aromatic heterocycles. The van der Waals surface area contributed by atoms with E-state index in [4.69, 9.17) is 0 Å². The van der Waals surface area contributed by atoms with Crippen LogP contribution >= 0.6 is 8.70 Å². The third-order valence-electron chi connectivity index (χ3n) is 1.03. The van der Waals surface area contributed by atoms with E-state index in [0.717, 1.165) is 5.69 Å². The summed E-state index contributed by atoms with van der Waals surface area (Å²) >= 11 is 0. The Hall–Kier alpha value is -0.610. The van der Waals surface area contributed by atoms with Crippen molar-refractivity contribution in [2.24, 2.45) is 0 Å². The molecule has 1 aromatic carbocycles. The molecule has 0 saturated heterocycles. The molecule has 9 heavy (non-hydrogen) atoms. The van der Waals surface area contributed by atoms with Gasteiger partial charge in [0.2, 0.25) is 0 Å². The van der Waals surface area contributed by atoms with Gasteiger partial charge in [-0.3, -0.25) is 0 Å². The SMILES string of the molecule is P#C[NH2+]c1ccccc1. The molecule has 2 heteroatoms. The van der Waals surface area contributed by atoms with Gasteiger partial charge in [-0.15, -0.1) is 0 Å². The Balaban J connectivity index is 2.76. The normalized spacial score (nSPS) is 8.33. The van der Waals surface area contributed by atoms with Gasteiger partial charge in [0.15, 0.2) is 0 Å². The second-order valence-corrected chi connectivity index (χ2v) is 1.94. The molecule has 0 bridgehead atoms. The van der Waals surface area contributed by atoms with Crippen LogP contribution in [0.1, 0.15) is 0 Å². The molecule has 0 heterocycles. The van der Waals surface area contributed by atoms with Gasteiger partial charge in [0, 0.05) is 0 Å². The molecule has 0 aliphatic heterocycles. The number of hydrogen-bond donors (Lipinski definition) is 1. The summed E-state index contributed by atoms with van der Waals surface area (Å²) in [5, 5.41) is 1.82. The molecule has 1 nitrogen and oxygen atoms in total. The molecule has 0 aliphatic rings. The zero-order valence-corrected chi connectivity index (χ0v) is 5.81. The second-order valence-electron chi connectivity index (χ2n) is 1.68. The summed E-state index contributed by atoms with van der Waals surface area (Å²) in [4.78, 5) is 0. The number of rotatable bonds is 1. The molecule has 0 saturated carbocycles. The molecule has 1 aromatic rings. The van der Waals surface area contributed by atoms with Crippen LogP contribution in [-0.2, 0) is 0 Å². The molecule has 0 unspecified atom stereocenters. The fraction of sp³-hybridized carbons (Fsp3) is 0. The molecule has 0 fully saturated rings. The Labute approximate surface area is 56.6 Å². The van der Waals surface area contributed by atoms with Crippen molar-refractivity contribution < 1.29 is 5.32 Å². The van der Waals surface area contributed by atoms with Crippen LogP contribution < -0.4 is 5.32 Å². The first kappa shape index (κ1) is 6.51. The summed E-state index contributed by atoms with van der Waals surface area (Å²) in [6, 6.07) is 9.95. The van der Waals surface area contributed by atoms with E-state index in [1.54, 1.807) is 0 Å². The van der Waals surface area contributed by atoms with Crippen molar-refractivity contribution >= 4 is 14.4 Å². The molecule has 0 aliphatic carbocycles. The summed E-state index contributed by atoms with van der Waals surface area (Å²) < 4.78 is 0. The molecule has 0 spiro atoms. The third kappa shape index (κ3) is 1.99. The number of benzene rings is 1. The average molecular weight is 136 g/mol. The fourth-order valence-corrected chi connectivity index (χ4v) is 0.773. The summed E-state index contributed by atoms with van der Waals surface area (Å²) in [7, 11) is 3.83. The van der Waals surface area contributed by atoms with Gasteiger partial charge in [0.1, 0.15) is 0 Å². The van der Waals surface area contributed by atoms with Crippen molar-refractivity contribution in [3.8, 4) is 5.75 Å². The molecule has 2 N–H and O–H groups in total. The standard InChI is InChI=1S/C7H6NP/c9-6-8-7-4-2-1-3-5-7/h1-5,8H/p+1. The number of para-hydroxylation sites is 1. The first-order valence-corrected chi connectivity index (χ1v) is 3.16. The van der Waals surface area contributed by atoms with E-state index >= 15 is 0 Å². The summed E-state index contributed by atoms with van der Waals surface area (Å²) in [5.41, 5.74) is 1.13. The van der Waals surface area contributed by atoms with E-state index < -0.39 is 0 Å². The molecule has 0 radical (unpaired) electrons. The monoisotopic (exact) mass is 136 g/mol. The van der Waals surface area contributed by atoms with E-state index in [1.165, 1.54) is 0 Å². The number of quaternary nitrogens is 1. The van der Waals surface area contributed by atoms with Crippen LogP contribution in [-0.4, -0.2) is 0 Å². The number of hydrogen-bond acceptors (Lipinski definition) is 0. The van der Waals surface area contributed by atoms with Gasteiger partial charge in [-0.2, -0.15) is 0 Å².